The van der Waals surface area contributed by atoms with Crippen molar-refractivity contribution in [3.63, 3.8) is 0 Å². The Morgan fingerprint density at radius 3 is 2.34 bits per heavy atom. The van der Waals surface area contributed by atoms with Crippen molar-refractivity contribution in [3.05, 3.63) is 53.0 Å². The first-order chi connectivity index (χ1) is 15.7. The topological polar surface area (TPSA) is 78.4 Å². The normalized spacial score (nSPS) is 23.4. The molecule has 0 spiro atoms. The molecule has 1 atom stereocenters. The van der Waals surface area contributed by atoms with Gasteiger partial charge in [-0.15, -0.1) is 0 Å². The largest absolute Gasteiger partial charge is 0.355 e. The second-order valence-electron chi connectivity index (χ2n) is 9.61. The molecule has 166 valence electrons. The third-order valence-corrected chi connectivity index (χ3v) is 7.29. The van der Waals surface area contributed by atoms with Crippen molar-refractivity contribution in [1.82, 2.24) is 20.2 Å². The maximum absolute atomic E-state index is 13.0. The number of carbonyl (C=O) groups is 2. The highest BCUT2D eigenvalue weighted by Crippen LogP contribution is 2.47. The number of hydrogen-bond donors (Lipinski definition) is 1. The van der Waals surface area contributed by atoms with Gasteiger partial charge in [0, 0.05) is 45.1 Å². The second kappa shape index (κ2) is 7.87. The van der Waals surface area contributed by atoms with Gasteiger partial charge in [-0.05, 0) is 67.2 Å². The molecule has 2 amide bonds. The lowest BCUT2D eigenvalue weighted by Crippen LogP contribution is -2.49. The third kappa shape index (κ3) is 3.74. The van der Waals surface area contributed by atoms with Crippen LogP contribution in [0.5, 0.6) is 0 Å². The first-order valence-electron chi connectivity index (χ1n) is 11.9. The summed E-state index contributed by atoms with van der Waals surface area (Å²) in [4.78, 5) is 38.5. The Hall–Kier alpha value is -2.96. The van der Waals surface area contributed by atoms with E-state index in [0.717, 1.165) is 36.9 Å². The molecular weight excluding hydrogens is 402 g/mol. The van der Waals surface area contributed by atoms with Crippen molar-refractivity contribution in [2.75, 3.05) is 37.6 Å². The summed E-state index contributed by atoms with van der Waals surface area (Å²) in [7, 11) is 0. The highest BCUT2D eigenvalue weighted by molar-refractivity contribution is 5.94. The van der Waals surface area contributed by atoms with Gasteiger partial charge in [-0.2, -0.15) is 0 Å². The minimum Gasteiger partial charge on any atom is -0.355 e. The van der Waals surface area contributed by atoms with Gasteiger partial charge >= 0.3 is 0 Å². The van der Waals surface area contributed by atoms with Crippen LogP contribution in [-0.2, 0) is 4.79 Å². The van der Waals surface area contributed by atoms with E-state index >= 15 is 0 Å². The van der Waals surface area contributed by atoms with E-state index in [0.29, 0.717) is 31.1 Å². The lowest BCUT2D eigenvalue weighted by molar-refractivity contribution is -0.120. The SMILES string of the molecule is O=C1NCCC1c1ccc(C(=O)N2CCN(c3ncc(C4CC4)cc3C3CC3)CC2)cn1. The highest BCUT2D eigenvalue weighted by Gasteiger charge is 2.33. The van der Waals surface area contributed by atoms with Gasteiger partial charge in [0.2, 0.25) is 5.91 Å². The van der Waals surface area contributed by atoms with Gasteiger partial charge in [0.25, 0.3) is 5.91 Å². The van der Waals surface area contributed by atoms with E-state index in [-0.39, 0.29) is 17.7 Å². The fourth-order valence-corrected chi connectivity index (χ4v) is 5.01. The lowest BCUT2D eigenvalue weighted by Gasteiger charge is -2.36. The van der Waals surface area contributed by atoms with Crippen molar-refractivity contribution >= 4 is 17.6 Å². The third-order valence-electron chi connectivity index (χ3n) is 7.29. The minimum atomic E-state index is -0.192. The van der Waals surface area contributed by atoms with Gasteiger partial charge in [0.1, 0.15) is 5.82 Å². The van der Waals surface area contributed by atoms with E-state index in [1.54, 1.807) is 6.20 Å². The van der Waals surface area contributed by atoms with Crippen LogP contribution < -0.4 is 10.2 Å². The summed E-state index contributed by atoms with van der Waals surface area (Å²) >= 11 is 0. The quantitative estimate of drug-likeness (QED) is 0.788. The Bertz CT molecular complexity index is 1040. The van der Waals surface area contributed by atoms with Crippen molar-refractivity contribution in [2.24, 2.45) is 0 Å². The molecule has 4 aliphatic rings. The van der Waals surface area contributed by atoms with Gasteiger partial charge < -0.3 is 15.1 Å². The van der Waals surface area contributed by atoms with Crippen LogP contribution in [0.2, 0.25) is 0 Å². The zero-order valence-corrected chi connectivity index (χ0v) is 18.3. The number of carbonyl (C=O) groups excluding carboxylic acids is 2. The molecule has 6 rings (SSSR count). The molecule has 2 aliphatic carbocycles. The predicted octanol–water partition coefficient (Wildman–Crippen LogP) is 2.80. The molecule has 1 N–H and O–H groups in total. The molecule has 0 aromatic carbocycles. The van der Waals surface area contributed by atoms with Gasteiger partial charge in [-0.25, -0.2) is 4.98 Å². The molecule has 1 unspecified atom stereocenters. The van der Waals surface area contributed by atoms with E-state index in [9.17, 15) is 9.59 Å². The molecule has 0 bridgehead atoms. The Morgan fingerprint density at radius 1 is 0.938 bits per heavy atom. The molecule has 7 heteroatoms. The standard InChI is InChI=1S/C25H29N5O2/c31-24-20(7-8-26-24)22-6-5-18(14-27-22)25(32)30-11-9-29(10-12-30)23-21(17-3-4-17)13-19(15-28-23)16-1-2-16/h5-6,13-17,20H,1-4,7-12H2,(H,26,31). The maximum Gasteiger partial charge on any atom is 0.255 e. The summed E-state index contributed by atoms with van der Waals surface area (Å²) in [6.07, 6.45) is 9.61. The Balaban J connectivity index is 1.11. The Labute approximate surface area is 188 Å². The molecule has 4 heterocycles. The molecule has 2 saturated heterocycles. The number of piperazine rings is 1. The van der Waals surface area contributed by atoms with Gasteiger partial charge in [-0.1, -0.05) is 6.07 Å². The van der Waals surface area contributed by atoms with Crippen LogP contribution in [0, 0.1) is 0 Å². The summed E-state index contributed by atoms with van der Waals surface area (Å²) in [6.45, 7) is 3.66. The molecule has 4 fully saturated rings. The summed E-state index contributed by atoms with van der Waals surface area (Å²) in [5.74, 6) is 2.37. The van der Waals surface area contributed by atoms with Crippen LogP contribution in [0.15, 0.2) is 30.6 Å². The predicted molar refractivity (Wildman–Crippen MR) is 121 cm³/mol. The number of pyridine rings is 2. The summed E-state index contributed by atoms with van der Waals surface area (Å²) in [5.41, 5.74) is 4.17. The zero-order chi connectivity index (χ0) is 21.7. The fourth-order valence-electron chi connectivity index (χ4n) is 5.01. The van der Waals surface area contributed by atoms with Gasteiger partial charge in [0.15, 0.2) is 0 Å². The highest BCUT2D eigenvalue weighted by atomic mass is 16.2. The van der Waals surface area contributed by atoms with Crippen LogP contribution in [-0.4, -0.2) is 59.4 Å². The van der Waals surface area contributed by atoms with Crippen molar-refractivity contribution in [3.8, 4) is 0 Å². The average Bonchev–Trinajstić information content (AvgIpc) is 3.76. The first-order valence-corrected chi connectivity index (χ1v) is 11.9. The molecule has 2 aromatic rings. The van der Waals surface area contributed by atoms with E-state index in [1.807, 2.05) is 17.0 Å². The zero-order valence-electron chi connectivity index (χ0n) is 18.3. The monoisotopic (exact) mass is 431 g/mol. The van der Waals surface area contributed by atoms with Crippen LogP contribution in [0.3, 0.4) is 0 Å². The van der Waals surface area contributed by atoms with Crippen molar-refractivity contribution in [2.45, 2.75) is 49.9 Å². The van der Waals surface area contributed by atoms with E-state index in [4.69, 9.17) is 4.98 Å². The first kappa shape index (κ1) is 19.7. The number of rotatable bonds is 5. The molecule has 32 heavy (non-hydrogen) atoms. The fraction of sp³-hybridized carbons (Fsp3) is 0.520. The van der Waals surface area contributed by atoms with Crippen molar-refractivity contribution in [1.29, 1.82) is 0 Å². The van der Waals surface area contributed by atoms with Gasteiger partial charge in [0.05, 0.1) is 17.2 Å². The smallest absolute Gasteiger partial charge is 0.255 e. The van der Waals surface area contributed by atoms with Crippen molar-refractivity contribution < 1.29 is 9.59 Å². The van der Waals surface area contributed by atoms with E-state index in [2.05, 4.69) is 27.5 Å². The minimum absolute atomic E-state index is 0.0130. The van der Waals surface area contributed by atoms with E-state index in [1.165, 1.54) is 36.8 Å². The Morgan fingerprint density at radius 2 is 1.72 bits per heavy atom. The maximum atomic E-state index is 13.0. The average molecular weight is 432 g/mol. The van der Waals surface area contributed by atoms with Crippen LogP contribution in [0.1, 0.15) is 77.0 Å². The van der Waals surface area contributed by atoms with Crippen LogP contribution in [0.25, 0.3) is 0 Å². The van der Waals surface area contributed by atoms with E-state index < -0.39 is 0 Å². The Kier molecular flexibility index (Phi) is 4.85. The second-order valence-corrected chi connectivity index (χ2v) is 9.61. The molecule has 0 radical (unpaired) electrons. The molecule has 2 saturated carbocycles. The number of anilines is 1. The molecule has 7 nitrogen and oxygen atoms in total. The lowest BCUT2D eigenvalue weighted by atomic mass is 10.0. The number of amides is 2. The summed E-state index contributed by atoms with van der Waals surface area (Å²) < 4.78 is 0. The summed E-state index contributed by atoms with van der Waals surface area (Å²) in [5, 5.41) is 2.84. The number of nitrogens with zero attached hydrogens (tertiary/aromatic N) is 4. The summed E-state index contributed by atoms with van der Waals surface area (Å²) in [6, 6.07) is 6.05. The number of nitrogens with one attached hydrogen (secondary N) is 1. The molecule has 2 aromatic heterocycles. The number of aromatic nitrogens is 2. The van der Waals surface area contributed by atoms with Gasteiger partial charge in [-0.3, -0.25) is 14.6 Å². The van der Waals surface area contributed by atoms with Crippen LogP contribution in [0.4, 0.5) is 5.82 Å². The number of hydrogen-bond acceptors (Lipinski definition) is 5. The molecular formula is C25H29N5O2. The molecule has 2 aliphatic heterocycles. The van der Waals surface area contributed by atoms with Crippen LogP contribution >= 0.6 is 0 Å².